The summed E-state index contributed by atoms with van der Waals surface area (Å²) in [5.41, 5.74) is 3.08. The molecular weight excluding hydrogens is 250 g/mol. The van der Waals surface area contributed by atoms with Crippen molar-refractivity contribution < 1.29 is 5.11 Å². The fraction of sp³-hybridized carbons (Fsp3) is 0.625. The molecule has 1 aromatic heterocycles. The van der Waals surface area contributed by atoms with Gasteiger partial charge in [-0.3, -0.25) is 0 Å². The van der Waals surface area contributed by atoms with Gasteiger partial charge in [0.1, 0.15) is 11.9 Å². The van der Waals surface area contributed by atoms with Crippen LogP contribution in [0.2, 0.25) is 0 Å². The highest BCUT2D eigenvalue weighted by atomic mass is 16.3. The summed E-state index contributed by atoms with van der Waals surface area (Å²) in [7, 11) is 0. The number of rotatable bonds is 2. The molecule has 1 aromatic rings. The number of nitrogens with zero attached hydrogens (tertiary/aromatic N) is 3. The maximum atomic E-state index is 9.57. The van der Waals surface area contributed by atoms with Crippen molar-refractivity contribution in [1.29, 1.82) is 5.26 Å². The summed E-state index contributed by atoms with van der Waals surface area (Å²) < 4.78 is 0. The van der Waals surface area contributed by atoms with E-state index in [0.29, 0.717) is 5.56 Å². The van der Waals surface area contributed by atoms with E-state index in [1.807, 2.05) is 6.07 Å². The number of nitriles is 1. The lowest BCUT2D eigenvalue weighted by molar-refractivity contribution is 0.239. The van der Waals surface area contributed by atoms with Gasteiger partial charge in [-0.15, -0.1) is 0 Å². The van der Waals surface area contributed by atoms with Crippen LogP contribution < -0.4 is 4.90 Å². The zero-order valence-corrected chi connectivity index (χ0v) is 11.8. The van der Waals surface area contributed by atoms with Gasteiger partial charge in [-0.1, -0.05) is 0 Å². The van der Waals surface area contributed by atoms with E-state index >= 15 is 0 Å². The maximum Gasteiger partial charge on any atom is 0.147 e. The van der Waals surface area contributed by atoms with Gasteiger partial charge in [-0.05, 0) is 56.6 Å². The molecule has 1 saturated heterocycles. The van der Waals surface area contributed by atoms with Crippen molar-refractivity contribution in [3.8, 4) is 6.07 Å². The van der Waals surface area contributed by atoms with Crippen LogP contribution in [0.15, 0.2) is 6.07 Å². The molecule has 0 saturated carbocycles. The first-order valence-electron chi connectivity index (χ1n) is 7.64. The van der Waals surface area contributed by atoms with Gasteiger partial charge in [0, 0.05) is 12.2 Å². The fourth-order valence-electron chi connectivity index (χ4n) is 3.39. The third kappa shape index (κ3) is 2.38. The first-order valence-corrected chi connectivity index (χ1v) is 7.64. The normalized spacial score (nSPS) is 22.2. The van der Waals surface area contributed by atoms with E-state index in [4.69, 9.17) is 4.98 Å². The van der Waals surface area contributed by atoms with Gasteiger partial charge in [0.2, 0.25) is 0 Å². The molecule has 1 fully saturated rings. The Hall–Kier alpha value is -1.60. The van der Waals surface area contributed by atoms with Crippen LogP contribution in [0.4, 0.5) is 5.82 Å². The lowest BCUT2D eigenvalue weighted by Gasteiger charge is -2.36. The van der Waals surface area contributed by atoms with Gasteiger partial charge in [-0.2, -0.15) is 5.26 Å². The smallest absolute Gasteiger partial charge is 0.147 e. The second kappa shape index (κ2) is 5.80. The van der Waals surface area contributed by atoms with Crippen molar-refractivity contribution in [2.24, 2.45) is 0 Å². The molecule has 0 spiro atoms. The Labute approximate surface area is 120 Å². The number of pyridine rings is 1. The summed E-state index contributed by atoms with van der Waals surface area (Å²) >= 11 is 0. The molecule has 0 radical (unpaired) electrons. The number of aromatic nitrogens is 1. The maximum absolute atomic E-state index is 9.57. The van der Waals surface area contributed by atoms with Crippen molar-refractivity contribution in [2.45, 2.75) is 51.0 Å². The van der Waals surface area contributed by atoms with Crippen molar-refractivity contribution in [2.75, 3.05) is 18.1 Å². The lowest BCUT2D eigenvalue weighted by atomic mass is 9.94. The second-order valence-electron chi connectivity index (χ2n) is 5.81. The minimum atomic E-state index is 0.116. The van der Waals surface area contributed by atoms with E-state index in [9.17, 15) is 10.4 Å². The molecule has 4 nitrogen and oxygen atoms in total. The van der Waals surface area contributed by atoms with E-state index in [1.165, 1.54) is 18.4 Å². The first kappa shape index (κ1) is 13.4. The van der Waals surface area contributed by atoms with Gasteiger partial charge in [0.05, 0.1) is 18.2 Å². The van der Waals surface area contributed by atoms with E-state index in [1.54, 1.807) is 0 Å². The van der Waals surface area contributed by atoms with Crippen molar-refractivity contribution in [3.05, 3.63) is 22.9 Å². The molecule has 4 heteroatoms. The molecule has 1 atom stereocenters. The summed E-state index contributed by atoms with van der Waals surface area (Å²) in [5.74, 6) is 0.798. The predicted molar refractivity (Wildman–Crippen MR) is 77.7 cm³/mol. The van der Waals surface area contributed by atoms with E-state index in [-0.39, 0.29) is 12.6 Å². The SMILES string of the molecule is N#Cc1cc2c(nc1N1CCCCC1CO)CCCC2. The minimum Gasteiger partial charge on any atom is -0.394 e. The molecule has 1 aliphatic heterocycles. The van der Waals surface area contributed by atoms with Crippen LogP contribution in [0.3, 0.4) is 0 Å². The number of anilines is 1. The first-order chi connectivity index (χ1) is 9.83. The summed E-state index contributed by atoms with van der Waals surface area (Å²) in [5, 5.41) is 19.0. The average molecular weight is 271 g/mol. The van der Waals surface area contributed by atoms with Gasteiger partial charge in [-0.25, -0.2) is 4.98 Å². The van der Waals surface area contributed by atoms with Crippen LogP contribution in [0.25, 0.3) is 0 Å². The van der Waals surface area contributed by atoms with Crippen molar-refractivity contribution in [3.63, 3.8) is 0 Å². The summed E-state index contributed by atoms with van der Waals surface area (Å²) in [4.78, 5) is 6.95. The summed E-state index contributed by atoms with van der Waals surface area (Å²) in [6.07, 6.45) is 7.69. The van der Waals surface area contributed by atoms with Crippen LogP contribution in [-0.4, -0.2) is 29.3 Å². The number of aliphatic hydroxyl groups excluding tert-OH is 1. The van der Waals surface area contributed by atoms with Gasteiger partial charge >= 0.3 is 0 Å². The molecule has 1 aliphatic carbocycles. The number of hydrogen-bond donors (Lipinski definition) is 1. The van der Waals surface area contributed by atoms with Gasteiger partial charge in [0.15, 0.2) is 0 Å². The highest BCUT2D eigenvalue weighted by Crippen LogP contribution is 2.30. The van der Waals surface area contributed by atoms with Crippen LogP contribution >= 0.6 is 0 Å². The molecule has 2 aliphatic rings. The lowest BCUT2D eigenvalue weighted by Crippen LogP contribution is -2.43. The largest absolute Gasteiger partial charge is 0.394 e. The van der Waals surface area contributed by atoms with Crippen molar-refractivity contribution in [1.82, 2.24) is 4.98 Å². The Morgan fingerprint density at radius 1 is 1.30 bits per heavy atom. The molecule has 1 unspecified atom stereocenters. The van der Waals surface area contributed by atoms with Gasteiger partial charge < -0.3 is 10.0 Å². The molecule has 3 rings (SSSR count). The summed E-state index contributed by atoms with van der Waals surface area (Å²) in [6.45, 7) is 1.04. The molecule has 106 valence electrons. The number of hydrogen-bond acceptors (Lipinski definition) is 4. The van der Waals surface area contributed by atoms with Gasteiger partial charge in [0.25, 0.3) is 0 Å². The number of aliphatic hydroxyl groups is 1. The molecule has 2 heterocycles. The van der Waals surface area contributed by atoms with E-state index in [2.05, 4.69) is 11.0 Å². The number of fused-ring (bicyclic) bond motifs is 1. The van der Waals surface area contributed by atoms with E-state index in [0.717, 1.165) is 50.2 Å². The van der Waals surface area contributed by atoms with Crippen LogP contribution in [0.5, 0.6) is 0 Å². The van der Waals surface area contributed by atoms with Crippen LogP contribution in [-0.2, 0) is 12.8 Å². The van der Waals surface area contributed by atoms with Crippen LogP contribution in [0.1, 0.15) is 48.9 Å². The highest BCUT2D eigenvalue weighted by Gasteiger charge is 2.26. The molecule has 0 aromatic carbocycles. The molecule has 20 heavy (non-hydrogen) atoms. The third-order valence-corrected chi connectivity index (χ3v) is 4.51. The third-order valence-electron chi connectivity index (χ3n) is 4.51. The van der Waals surface area contributed by atoms with E-state index < -0.39 is 0 Å². The number of piperidine rings is 1. The zero-order chi connectivity index (χ0) is 13.9. The minimum absolute atomic E-state index is 0.116. The Morgan fingerprint density at radius 3 is 2.95 bits per heavy atom. The molecule has 1 N–H and O–H groups in total. The van der Waals surface area contributed by atoms with Crippen molar-refractivity contribution >= 4 is 5.82 Å². The molecular formula is C16H21N3O. The Kier molecular flexibility index (Phi) is 3.88. The molecule has 0 amide bonds. The quantitative estimate of drug-likeness (QED) is 0.895. The number of aryl methyl sites for hydroxylation is 2. The monoisotopic (exact) mass is 271 g/mol. The predicted octanol–water partition coefficient (Wildman–Crippen LogP) is 2.18. The average Bonchev–Trinajstić information content (AvgIpc) is 2.53. The standard InChI is InChI=1S/C16H21N3O/c17-10-13-9-12-5-1-2-7-15(12)18-16(13)19-8-4-3-6-14(19)11-20/h9,14,20H,1-8,11H2. The Balaban J connectivity index is 2.01. The Bertz CT molecular complexity index is 535. The highest BCUT2D eigenvalue weighted by molar-refractivity contribution is 5.57. The Morgan fingerprint density at radius 2 is 2.15 bits per heavy atom. The zero-order valence-electron chi connectivity index (χ0n) is 11.8. The van der Waals surface area contributed by atoms with Crippen LogP contribution in [0, 0.1) is 11.3 Å². The fourth-order valence-corrected chi connectivity index (χ4v) is 3.39. The second-order valence-corrected chi connectivity index (χ2v) is 5.81. The topological polar surface area (TPSA) is 60.2 Å². The summed E-state index contributed by atoms with van der Waals surface area (Å²) in [6, 6.07) is 4.45. The molecule has 0 bridgehead atoms.